The largest absolute Gasteiger partial charge is 0.476 e. The van der Waals surface area contributed by atoms with E-state index in [0.29, 0.717) is 23.5 Å². The molecule has 0 aliphatic carbocycles. The summed E-state index contributed by atoms with van der Waals surface area (Å²) in [6.07, 6.45) is 3.08. The molecule has 0 unspecified atom stereocenters. The zero-order chi connectivity index (χ0) is 21.1. The van der Waals surface area contributed by atoms with E-state index in [9.17, 15) is 0 Å². The zero-order valence-corrected chi connectivity index (χ0v) is 19.1. The highest BCUT2D eigenvalue weighted by Crippen LogP contribution is 2.38. The molecule has 0 amide bonds. The van der Waals surface area contributed by atoms with Crippen LogP contribution in [-0.4, -0.2) is 51.1 Å². The fourth-order valence-corrected chi connectivity index (χ4v) is 5.34. The maximum absolute atomic E-state index is 5.86. The molecule has 0 spiro atoms. The molecule has 4 heterocycles. The fourth-order valence-electron chi connectivity index (χ4n) is 3.25. The number of likely N-dealkylation sites (tertiary alicyclic amines) is 1. The van der Waals surface area contributed by atoms with Gasteiger partial charge in [-0.05, 0) is 46.3 Å². The van der Waals surface area contributed by atoms with Crippen molar-refractivity contribution in [2.24, 2.45) is 0 Å². The molecule has 2 N–H and O–H groups in total. The van der Waals surface area contributed by atoms with Crippen molar-refractivity contribution in [3.63, 3.8) is 0 Å². The van der Waals surface area contributed by atoms with Gasteiger partial charge in [-0.3, -0.25) is 4.90 Å². The van der Waals surface area contributed by atoms with Crippen molar-refractivity contribution >= 4 is 28.9 Å². The van der Waals surface area contributed by atoms with E-state index in [2.05, 4.69) is 33.7 Å². The van der Waals surface area contributed by atoms with Gasteiger partial charge in [0.15, 0.2) is 5.16 Å². The van der Waals surface area contributed by atoms with Crippen LogP contribution in [-0.2, 0) is 0 Å². The minimum absolute atomic E-state index is 0.116. The van der Waals surface area contributed by atoms with Gasteiger partial charge < -0.3 is 10.5 Å². The molecule has 4 rings (SSSR count). The predicted octanol–water partition coefficient (Wildman–Crippen LogP) is 4.13. The standard InChI is InChI=1S/C21H26N6OS2/c1-13-11-17(22)25-21(24-13)30-15(3)19-14(2)29-20(26-19)16-5-6-23-18(12-16)28-10-9-27-7-4-8-27/h5-6,11-12,15H,4,7-10H2,1-3H3,(H2,22,24,25)/t15-/m1/s1. The van der Waals surface area contributed by atoms with E-state index in [4.69, 9.17) is 15.5 Å². The highest BCUT2D eigenvalue weighted by Gasteiger charge is 2.19. The number of nitrogens with two attached hydrogens (primary N) is 1. The fraction of sp³-hybridized carbons (Fsp3) is 0.429. The van der Waals surface area contributed by atoms with Crippen molar-refractivity contribution in [3.8, 4) is 16.5 Å². The Morgan fingerprint density at radius 1 is 1.23 bits per heavy atom. The molecule has 0 radical (unpaired) electrons. The molecule has 1 aliphatic rings. The van der Waals surface area contributed by atoms with E-state index in [-0.39, 0.29) is 5.25 Å². The van der Waals surface area contributed by atoms with Crippen LogP contribution in [0, 0.1) is 13.8 Å². The Balaban J connectivity index is 1.45. The number of hydrogen-bond acceptors (Lipinski definition) is 9. The van der Waals surface area contributed by atoms with Crippen LogP contribution in [0.2, 0.25) is 0 Å². The number of anilines is 1. The zero-order valence-electron chi connectivity index (χ0n) is 17.5. The lowest BCUT2D eigenvalue weighted by Gasteiger charge is -2.30. The van der Waals surface area contributed by atoms with Gasteiger partial charge in [0.2, 0.25) is 5.88 Å². The van der Waals surface area contributed by atoms with Gasteiger partial charge in [0.25, 0.3) is 0 Å². The molecule has 1 fully saturated rings. The quantitative estimate of drug-likeness (QED) is 0.411. The van der Waals surface area contributed by atoms with E-state index in [1.165, 1.54) is 24.4 Å². The Labute approximate surface area is 185 Å². The number of rotatable bonds is 8. The molecule has 7 nitrogen and oxygen atoms in total. The maximum Gasteiger partial charge on any atom is 0.213 e. The molecule has 3 aromatic rings. The van der Waals surface area contributed by atoms with Gasteiger partial charge in [0, 0.05) is 41.0 Å². The Bertz CT molecular complexity index is 1000. The number of thioether (sulfide) groups is 1. The highest BCUT2D eigenvalue weighted by molar-refractivity contribution is 7.99. The summed E-state index contributed by atoms with van der Waals surface area (Å²) in [5.74, 6) is 1.14. The van der Waals surface area contributed by atoms with Gasteiger partial charge in [-0.15, -0.1) is 11.3 Å². The first kappa shape index (κ1) is 21.0. The number of nitrogen functional groups attached to an aromatic ring is 1. The van der Waals surface area contributed by atoms with Crippen molar-refractivity contribution < 1.29 is 4.74 Å². The van der Waals surface area contributed by atoms with Gasteiger partial charge in [0.1, 0.15) is 17.4 Å². The van der Waals surface area contributed by atoms with Gasteiger partial charge >= 0.3 is 0 Å². The first-order valence-electron chi connectivity index (χ1n) is 10.0. The van der Waals surface area contributed by atoms with E-state index in [1.54, 1.807) is 35.4 Å². The number of pyridine rings is 1. The number of aromatic nitrogens is 4. The monoisotopic (exact) mass is 442 g/mol. The lowest BCUT2D eigenvalue weighted by Crippen LogP contribution is -2.39. The van der Waals surface area contributed by atoms with Crippen molar-refractivity contribution in [3.05, 3.63) is 40.7 Å². The average Bonchev–Trinajstić information content (AvgIpc) is 3.05. The number of hydrogen-bond donors (Lipinski definition) is 1. The summed E-state index contributed by atoms with van der Waals surface area (Å²) in [4.78, 5) is 21.6. The van der Waals surface area contributed by atoms with Gasteiger partial charge in [0.05, 0.1) is 10.9 Å². The van der Waals surface area contributed by atoms with Crippen molar-refractivity contribution in [2.75, 3.05) is 32.0 Å². The summed E-state index contributed by atoms with van der Waals surface area (Å²) < 4.78 is 5.85. The molecule has 0 bridgehead atoms. The molecular formula is C21H26N6OS2. The second-order valence-electron chi connectivity index (χ2n) is 7.36. The lowest BCUT2D eigenvalue weighted by molar-refractivity contribution is 0.145. The SMILES string of the molecule is Cc1cc(N)nc(S[C@H](C)c2nc(-c3ccnc(OCCN4CCC4)c3)sc2C)n1. The summed E-state index contributed by atoms with van der Waals surface area (Å²) in [5.41, 5.74) is 8.80. The Kier molecular flexibility index (Phi) is 6.50. The van der Waals surface area contributed by atoms with Crippen LogP contribution in [0.3, 0.4) is 0 Å². The summed E-state index contributed by atoms with van der Waals surface area (Å²) in [6, 6.07) is 5.72. The average molecular weight is 443 g/mol. The van der Waals surface area contributed by atoms with Gasteiger partial charge in [-0.25, -0.2) is 19.9 Å². The van der Waals surface area contributed by atoms with E-state index in [1.807, 2.05) is 19.1 Å². The topological polar surface area (TPSA) is 90.0 Å². The van der Waals surface area contributed by atoms with Crippen LogP contribution >= 0.6 is 23.1 Å². The van der Waals surface area contributed by atoms with Crippen molar-refractivity contribution in [1.82, 2.24) is 24.8 Å². The molecule has 9 heteroatoms. The molecule has 1 saturated heterocycles. The number of aryl methyl sites for hydroxylation is 2. The van der Waals surface area contributed by atoms with Crippen LogP contribution in [0.1, 0.15) is 34.9 Å². The van der Waals surface area contributed by atoms with Crippen LogP contribution in [0.4, 0.5) is 5.82 Å². The summed E-state index contributed by atoms with van der Waals surface area (Å²) >= 11 is 3.25. The first-order chi connectivity index (χ1) is 14.5. The van der Waals surface area contributed by atoms with Gasteiger partial charge in [-0.1, -0.05) is 11.8 Å². The second-order valence-corrected chi connectivity index (χ2v) is 9.87. The Hall–Kier alpha value is -2.23. The number of ether oxygens (including phenoxy) is 1. The third-order valence-corrected chi connectivity index (χ3v) is 6.95. The smallest absolute Gasteiger partial charge is 0.213 e. The minimum Gasteiger partial charge on any atom is -0.476 e. The second kappa shape index (κ2) is 9.28. The van der Waals surface area contributed by atoms with Crippen LogP contribution < -0.4 is 10.5 Å². The molecular weight excluding hydrogens is 416 g/mol. The molecule has 0 aromatic carbocycles. The maximum atomic E-state index is 5.86. The summed E-state index contributed by atoms with van der Waals surface area (Å²) in [7, 11) is 0. The summed E-state index contributed by atoms with van der Waals surface area (Å²) in [5, 5.41) is 1.76. The van der Waals surface area contributed by atoms with Crippen LogP contribution in [0.15, 0.2) is 29.6 Å². The van der Waals surface area contributed by atoms with Crippen molar-refractivity contribution in [1.29, 1.82) is 0 Å². The molecule has 1 aliphatic heterocycles. The molecule has 1 atom stereocenters. The first-order valence-corrected chi connectivity index (χ1v) is 11.7. The van der Waals surface area contributed by atoms with Crippen LogP contribution in [0.5, 0.6) is 5.88 Å². The summed E-state index contributed by atoms with van der Waals surface area (Å²) in [6.45, 7) is 10.1. The normalized spacial score (nSPS) is 15.0. The number of thiazole rings is 1. The predicted molar refractivity (Wildman–Crippen MR) is 122 cm³/mol. The minimum atomic E-state index is 0.116. The highest BCUT2D eigenvalue weighted by atomic mass is 32.2. The molecule has 0 saturated carbocycles. The molecule has 158 valence electrons. The molecule has 30 heavy (non-hydrogen) atoms. The Morgan fingerprint density at radius 2 is 2.07 bits per heavy atom. The number of nitrogens with zero attached hydrogens (tertiary/aromatic N) is 5. The van der Waals surface area contributed by atoms with Crippen molar-refractivity contribution in [2.45, 2.75) is 37.6 Å². The Morgan fingerprint density at radius 3 is 2.80 bits per heavy atom. The van der Waals surface area contributed by atoms with E-state index < -0.39 is 0 Å². The van der Waals surface area contributed by atoms with E-state index >= 15 is 0 Å². The third-order valence-electron chi connectivity index (χ3n) is 4.94. The molecule has 3 aromatic heterocycles. The third kappa shape index (κ3) is 5.08. The van der Waals surface area contributed by atoms with Crippen LogP contribution in [0.25, 0.3) is 10.6 Å². The van der Waals surface area contributed by atoms with E-state index in [0.717, 1.165) is 28.5 Å². The van der Waals surface area contributed by atoms with Gasteiger partial charge in [-0.2, -0.15) is 0 Å². The lowest BCUT2D eigenvalue weighted by atomic mass is 10.2.